The molecule has 2 heterocycles. The molecule has 8 nitrogen and oxygen atoms in total. The van der Waals surface area contributed by atoms with Gasteiger partial charge in [-0.05, 0) is 42.8 Å². The van der Waals surface area contributed by atoms with Crippen molar-refractivity contribution < 1.29 is 14.3 Å². The molecule has 2 aromatic carbocycles. The minimum Gasteiger partial charge on any atom is -0.454 e. The molecule has 25 heavy (non-hydrogen) atoms. The Kier molecular flexibility index (Phi) is 3.77. The monoisotopic (exact) mass is 337 g/mol. The number of hydrazone groups is 1. The van der Waals surface area contributed by atoms with Gasteiger partial charge in [0, 0.05) is 0 Å². The summed E-state index contributed by atoms with van der Waals surface area (Å²) in [5.41, 5.74) is 4.85. The van der Waals surface area contributed by atoms with Crippen molar-refractivity contribution in [1.29, 1.82) is 0 Å². The zero-order valence-corrected chi connectivity index (χ0v) is 13.4. The molecule has 0 saturated heterocycles. The number of fused-ring (bicyclic) bond motifs is 2. The summed E-state index contributed by atoms with van der Waals surface area (Å²) in [6, 6.07) is 12.4. The summed E-state index contributed by atoms with van der Waals surface area (Å²) in [5.74, 6) is 1.08. The number of amides is 1. The molecular weight excluding hydrogens is 322 g/mol. The van der Waals surface area contributed by atoms with E-state index in [4.69, 9.17) is 9.47 Å². The van der Waals surface area contributed by atoms with E-state index in [0.29, 0.717) is 11.5 Å². The number of ether oxygens (including phenoxy) is 2. The SMILES string of the molecule is CC(C(=O)N/N=C/c1ccc2c(c1)OCO2)n1nnc2ccccc21. The second-order valence-corrected chi connectivity index (χ2v) is 5.55. The molecule has 4 rings (SSSR count). The van der Waals surface area contributed by atoms with Gasteiger partial charge in [0.05, 0.1) is 11.7 Å². The van der Waals surface area contributed by atoms with Gasteiger partial charge in [0.25, 0.3) is 5.91 Å². The zero-order valence-electron chi connectivity index (χ0n) is 13.4. The Labute approximate surface area is 143 Å². The number of hydrogen-bond acceptors (Lipinski definition) is 6. The Morgan fingerprint density at radius 2 is 2.12 bits per heavy atom. The van der Waals surface area contributed by atoms with Gasteiger partial charge in [-0.2, -0.15) is 5.10 Å². The molecular formula is C17H15N5O3. The molecule has 1 aliphatic heterocycles. The highest BCUT2D eigenvalue weighted by atomic mass is 16.7. The van der Waals surface area contributed by atoms with Crippen LogP contribution in [0, 0.1) is 0 Å². The molecule has 1 aliphatic rings. The molecule has 0 saturated carbocycles. The maximum Gasteiger partial charge on any atom is 0.264 e. The van der Waals surface area contributed by atoms with Crippen LogP contribution in [0.4, 0.5) is 0 Å². The second kappa shape index (κ2) is 6.23. The standard InChI is InChI=1S/C17H15N5O3/c1-11(22-14-5-3-2-4-13(14)19-21-22)17(23)20-18-9-12-6-7-15-16(8-12)25-10-24-15/h2-9,11H,10H2,1H3,(H,20,23)/b18-9+. The van der Waals surface area contributed by atoms with Gasteiger partial charge < -0.3 is 9.47 Å². The van der Waals surface area contributed by atoms with Gasteiger partial charge in [-0.25, -0.2) is 10.1 Å². The number of carbonyl (C=O) groups is 1. The van der Waals surface area contributed by atoms with Crippen molar-refractivity contribution >= 4 is 23.2 Å². The molecule has 0 bridgehead atoms. The van der Waals surface area contributed by atoms with Crippen LogP contribution in [0.15, 0.2) is 47.6 Å². The molecule has 0 fully saturated rings. The maximum atomic E-state index is 12.3. The molecule has 0 spiro atoms. The highest BCUT2D eigenvalue weighted by Gasteiger charge is 2.18. The Morgan fingerprint density at radius 1 is 1.28 bits per heavy atom. The zero-order chi connectivity index (χ0) is 17.2. The van der Waals surface area contributed by atoms with Crippen LogP contribution >= 0.6 is 0 Å². The normalized spacial score (nSPS) is 14.1. The summed E-state index contributed by atoms with van der Waals surface area (Å²) in [6.45, 7) is 1.96. The molecule has 126 valence electrons. The van der Waals surface area contributed by atoms with Gasteiger partial charge in [-0.15, -0.1) is 5.10 Å². The third-order valence-electron chi connectivity index (χ3n) is 3.91. The van der Waals surface area contributed by atoms with E-state index >= 15 is 0 Å². The predicted octanol–water partition coefficient (Wildman–Crippen LogP) is 1.87. The summed E-state index contributed by atoms with van der Waals surface area (Å²) in [7, 11) is 0. The fourth-order valence-corrected chi connectivity index (χ4v) is 2.54. The first-order valence-corrected chi connectivity index (χ1v) is 7.75. The van der Waals surface area contributed by atoms with Gasteiger partial charge in [0.1, 0.15) is 11.6 Å². The van der Waals surface area contributed by atoms with E-state index in [2.05, 4.69) is 20.8 Å². The molecule has 1 aromatic heterocycles. The lowest BCUT2D eigenvalue weighted by molar-refractivity contribution is -0.124. The van der Waals surface area contributed by atoms with Gasteiger partial charge in [-0.1, -0.05) is 17.3 Å². The lowest BCUT2D eigenvalue weighted by Crippen LogP contribution is -2.28. The minimum absolute atomic E-state index is 0.218. The van der Waals surface area contributed by atoms with Crippen molar-refractivity contribution in [1.82, 2.24) is 20.4 Å². The quantitative estimate of drug-likeness (QED) is 0.580. The number of carbonyl (C=O) groups excluding carboxylic acids is 1. The fourth-order valence-electron chi connectivity index (χ4n) is 2.54. The molecule has 1 atom stereocenters. The second-order valence-electron chi connectivity index (χ2n) is 5.55. The molecule has 1 amide bonds. The van der Waals surface area contributed by atoms with Crippen molar-refractivity contribution in [3.05, 3.63) is 48.0 Å². The first-order valence-electron chi connectivity index (χ1n) is 7.75. The van der Waals surface area contributed by atoms with E-state index in [9.17, 15) is 4.79 Å². The lowest BCUT2D eigenvalue weighted by atomic mass is 10.2. The average Bonchev–Trinajstić information content (AvgIpc) is 3.27. The van der Waals surface area contributed by atoms with Crippen molar-refractivity contribution in [2.75, 3.05) is 6.79 Å². The van der Waals surface area contributed by atoms with Crippen LogP contribution in [0.1, 0.15) is 18.5 Å². The van der Waals surface area contributed by atoms with E-state index in [1.807, 2.05) is 30.3 Å². The number of nitrogens with one attached hydrogen (secondary N) is 1. The van der Waals surface area contributed by atoms with E-state index in [1.54, 1.807) is 30.0 Å². The van der Waals surface area contributed by atoms with Crippen LogP contribution in [0.25, 0.3) is 11.0 Å². The van der Waals surface area contributed by atoms with Gasteiger partial charge >= 0.3 is 0 Å². The van der Waals surface area contributed by atoms with E-state index in [0.717, 1.165) is 16.6 Å². The summed E-state index contributed by atoms with van der Waals surface area (Å²) >= 11 is 0. The average molecular weight is 337 g/mol. The largest absolute Gasteiger partial charge is 0.454 e. The van der Waals surface area contributed by atoms with Crippen molar-refractivity contribution in [3.63, 3.8) is 0 Å². The molecule has 0 radical (unpaired) electrons. The Morgan fingerprint density at radius 3 is 3.04 bits per heavy atom. The smallest absolute Gasteiger partial charge is 0.264 e. The predicted molar refractivity (Wildman–Crippen MR) is 90.5 cm³/mol. The summed E-state index contributed by atoms with van der Waals surface area (Å²) in [5, 5.41) is 12.1. The first kappa shape index (κ1) is 15.1. The third-order valence-corrected chi connectivity index (χ3v) is 3.91. The number of benzene rings is 2. The van der Waals surface area contributed by atoms with E-state index in [1.165, 1.54) is 0 Å². The van der Waals surface area contributed by atoms with Gasteiger partial charge in [-0.3, -0.25) is 4.79 Å². The minimum atomic E-state index is -0.540. The van der Waals surface area contributed by atoms with Gasteiger partial charge in [0.15, 0.2) is 11.5 Å². The van der Waals surface area contributed by atoms with Crippen LogP contribution in [0.2, 0.25) is 0 Å². The Hall–Kier alpha value is -3.42. The number of aromatic nitrogens is 3. The summed E-state index contributed by atoms with van der Waals surface area (Å²) in [4.78, 5) is 12.3. The molecule has 8 heteroatoms. The van der Waals surface area contributed by atoms with Crippen molar-refractivity contribution in [3.8, 4) is 11.5 Å². The summed E-state index contributed by atoms with van der Waals surface area (Å²) < 4.78 is 12.1. The number of para-hydroxylation sites is 1. The highest BCUT2D eigenvalue weighted by Crippen LogP contribution is 2.31. The first-order chi connectivity index (χ1) is 12.2. The van der Waals surface area contributed by atoms with E-state index in [-0.39, 0.29) is 12.7 Å². The van der Waals surface area contributed by atoms with Crippen LogP contribution in [-0.2, 0) is 4.79 Å². The van der Waals surface area contributed by atoms with Crippen molar-refractivity contribution in [2.45, 2.75) is 13.0 Å². The number of rotatable bonds is 4. The van der Waals surface area contributed by atoms with E-state index < -0.39 is 6.04 Å². The van der Waals surface area contributed by atoms with Crippen LogP contribution in [0.5, 0.6) is 11.5 Å². The van der Waals surface area contributed by atoms with Crippen LogP contribution in [-0.4, -0.2) is 33.9 Å². The Balaban J connectivity index is 1.45. The summed E-state index contributed by atoms with van der Waals surface area (Å²) in [6.07, 6.45) is 1.55. The fraction of sp³-hybridized carbons (Fsp3) is 0.176. The third kappa shape index (κ3) is 2.89. The van der Waals surface area contributed by atoms with Gasteiger partial charge in [0.2, 0.25) is 6.79 Å². The number of hydrogen-bond donors (Lipinski definition) is 1. The highest BCUT2D eigenvalue weighted by molar-refractivity contribution is 5.85. The molecule has 0 aliphatic carbocycles. The molecule has 1 unspecified atom stereocenters. The van der Waals surface area contributed by atoms with Crippen LogP contribution < -0.4 is 14.9 Å². The lowest BCUT2D eigenvalue weighted by Gasteiger charge is -2.10. The maximum absolute atomic E-state index is 12.3. The molecule has 3 aromatic rings. The van der Waals surface area contributed by atoms with Crippen LogP contribution in [0.3, 0.4) is 0 Å². The topological polar surface area (TPSA) is 90.6 Å². The molecule has 1 N–H and O–H groups in total. The Bertz CT molecular complexity index is 966. The number of nitrogens with zero attached hydrogens (tertiary/aromatic N) is 4. The van der Waals surface area contributed by atoms with Crippen molar-refractivity contribution in [2.24, 2.45) is 5.10 Å².